The molecule has 3 aromatic rings. The second-order valence-electron chi connectivity index (χ2n) is 5.69. The van der Waals surface area contributed by atoms with Crippen LogP contribution in [0.3, 0.4) is 0 Å². The molecule has 1 N–H and O–H groups in total. The Labute approximate surface area is 144 Å². The summed E-state index contributed by atoms with van der Waals surface area (Å²) in [7, 11) is 0. The van der Waals surface area contributed by atoms with E-state index in [4.69, 9.17) is 4.74 Å². The molecular formula is C19H16N2O2S. The molecule has 2 aromatic carbocycles. The van der Waals surface area contributed by atoms with Crippen LogP contribution in [0, 0.1) is 6.92 Å². The number of fused-ring (bicyclic) bond motifs is 1. The maximum Gasteiger partial charge on any atom is 0.236 e. The van der Waals surface area contributed by atoms with Crippen molar-refractivity contribution >= 4 is 22.2 Å². The van der Waals surface area contributed by atoms with Crippen LogP contribution in [0.25, 0.3) is 10.6 Å². The first-order chi connectivity index (χ1) is 11.7. The van der Waals surface area contributed by atoms with E-state index in [9.17, 15) is 4.79 Å². The fourth-order valence-corrected chi connectivity index (χ4v) is 3.77. The molecule has 1 aliphatic heterocycles. The van der Waals surface area contributed by atoms with Gasteiger partial charge in [0.15, 0.2) is 0 Å². The van der Waals surface area contributed by atoms with Gasteiger partial charge in [-0.2, -0.15) is 0 Å². The number of carbonyl (C=O) groups is 1. The summed E-state index contributed by atoms with van der Waals surface area (Å²) in [6, 6.07) is 17.7. The summed E-state index contributed by atoms with van der Waals surface area (Å²) in [5.41, 5.74) is 2.83. The van der Waals surface area contributed by atoms with Crippen molar-refractivity contribution in [2.45, 2.75) is 12.8 Å². The van der Waals surface area contributed by atoms with Crippen molar-refractivity contribution in [1.82, 2.24) is 4.98 Å². The first-order valence-corrected chi connectivity index (χ1v) is 8.59. The van der Waals surface area contributed by atoms with Crippen molar-refractivity contribution in [3.8, 4) is 16.3 Å². The molecule has 1 aliphatic rings. The number of anilines is 1. The summed E-state index contributed by atoms with van der Waals surface area (Å²) in [4.78, 5) is 17.2. The number of thiazole rings is 1. The molecule has 1 amide bonds. The number of aromatic nitrogens is 1. The summed E-state index contributed by atoms with van der Waals surface area (Å²) in [5, 5.41) is 4.72. The lowest BCUT2D eigenvalue weighted by molar-refractivity contribution is -0.117. The van der Waals surface area contributed by atoms with Crippen molar-refractivity contribution in [2.24, 2.45) is 0 Å². The monoisotopic (exact) mass is 336 g/mol. The lowest BCUT2D eigenvalue weighted by atomic mass is 10.0. The van der Waals surface area contributed by atoms with Crippen molar-refractivity contribution in [3.05, 3.63) is 65.9 Å². The normalized spacial score (nSPS) is 15.6. The summed E-state index contributed by atoms with van der Waals surface area (Å²) >= 11 is 1.50. The fraction of sp³-hybridized carbons (Fsp3) is 0.158. The van der Waals surface area contributed by atoms with Gasteiger partial charge in [-0.1, -0.05) is 59.9 Å². The maximum atomic E-state index is 12.7. The summed E-state index contributed by atoms with van der Waals surface area (Å²) < 4.78 is 5.60. The van der Waals surface area contributed by atoms with E-state index in [2.05, 4.69) is 10.3 Å². The van der Waals surface area contributed by atoms with E-state index in [1.165, 1.54) is 11.3 Å². The molecular weight excluding hydrogens is 320 g/mol. The van der Waals surface area contributed by atoms with Gasteiger partial charge in [0.1, 0.15) is 28.3 Å². The van der Waals surface area contributed by atoms with Gasteiger partial charge in [-0.25, -0.2) is 4.98 Å². The smallest absolute Gasteiger partial charge is 0.236 e. The molecule has 2 heterocycles. The molecule has 0 bridgehead atoms. The predicted octanol–water partition coefficient (Wildman–Crippen LogP) is 4.23. The zero-order chi connectivity index (χ0) is 16.5. The Morgan fingerprint density at radius 3 is 2.75 bits per heavy atom. The molecule has 24 heavy (non-hydrogen) atoms. The zero-order valence-corrected chi connectivity index (χ0v) is 14.0. The molecule has 4 nitrogen and oxygen atoms in total. The van der Waals surface area contributed by atoms with E-state index in [0.717, 1.165) is 32.6 Å². The second-order valence-corrected chi connectivity index (χ2v) is 6.69. The summed E-state index contributed by atoms with van der Waals surface area (Å²) in [5.74, 6) is 0.470. The van der Waals surface area contributed by atoms with Crippen LogP contribution < -0.4 is 10.1 Å². The molecule has 120 valence electrons. The number of hydrogen-bond donors (Lipinski definition) is 1. The largest absolute Gasteiger partial charge is 0.492 e. The van der Waals surface area contributed by atoms with E-state index in [0.29, 0.717) is 6.61 Å². The molecule has 0 saturated carbocycles. The van der Waals surface area contributed by atoms with Crippen LogP contribution in [0.4, 0.5) is 5.00 Å². The van der Waals surface area contributed by atoms with Crippen LogP contribution in [-0.4, -0.2) is 17.5 Å². The van der Waals surface area contributed by atoms with Gasteiger partial charge < -0.3 is 10.1 Å². The highest BCUT2D eigenvalue weighted by Crippen LogP contribution is 2.36. The van der Waals surface area contributed by atoms with Crippen LogP contribution in [0.5, 0.6) is 5.75 Å². The molecule has 0 fully saturated rings. The van der Waals surface area contributed by atoms with Gasteiger partial charge in [0.05, 0.1) is 5.69 Å². The van der Waals surface area contributed by atoms with Crippen LogP contribution >= 0.6 is 11.3 Å². The Hall–Kier alpha value is -2.66. The van der Waals surface area contributed by atoms with Crippen molar-refractivity contribution in [3.63, 3.8) is 0 Å². The number of carbonyl (C=O) groups excluding carboxylic acids is 1. The Bertz CT molecular complexity index is 889. The van der Waals surface area contributed by atoms with Crippen molar-refractivity contribution in [1.29, 1.82) is 0 Å². The highest BCUT2D eigenvalue weighted by Gasteiger charge is 2.30. The Morgan fingerprint density at radius 2 is 1.92 bits per heavy atom. The van der Waals surface area contributed by atoms with Gasteiger partial charge in [0, 0.05) is 11.1 Å². The van der Waals surface area contributed by atoms with Gasteiger partial charge >= 0.3 is 0 Å². The van der Waals surface area contributed by atoms with Crippen LogP contribution in [0.1, 0.15) is 17.2 Å². The standard InChI is InChI=1S/C19H16N2O2S/c1-12-18(24-19(20-12)13-7-3-2-4-8-13)21-17(22)15-11-23-16-10-6-5-9-14(15)16/h2-10,15H,11H2,1H3,(H,21,22)/t15-/m1/s1. The number of nitrogens with one attached hydrogen (secondary N) is 1. The van der Waals surface area contributed by atoms with Crippen LogP contribution in [-0.2, 0) is 4.79 Å². The number of hydrogen-bond acceptors (Lipinski definition) is 4. The molecule has 0 aliphatic carbocycles. The first kappa shape index (κ1) is 14.9. The van der Waals surface area contributed by atoms with Crippen LogP contribution in [0.2, 0.25) is 0 Å². The van der Waals surface area contributed by atoms with E-state index in [-0.39, 0.29) is 11.8 Å². The third-order valence-corrected chi connectivity index (χ3v) is 5.19. The summed E-state index contributed by atoms with van der Waals surface area (Å²) in [6.07, 6.45) is 0. The first-order valence-electron chi connectivity index (χ1n) is 7.78. The molecule has 4 rings (SSSR count). The van der Waals surface area contributed by atoms with Gasteiger partial charge in [0.2, 0.25) is 5.91 Å². The minimum absolute atomic E-state index is 0.0497. The highest BCUT2D eigenvalue weighted by molar-refractivity contribution is 7.19. The minimum atomic E-state index is -0.275. The van der Waals surface area contributed by atoms with Crippen molar-refractivity contribution < 1.29 is 9.53 Å². The van der Waals surface area contributed by atoms with Gasteiger partial charge in [-0.3, -0.25) is 4.79 Å². The third kappa shape index (κ3) is 2.67. The molecule has 0 spiro atoms. The SMILES string of the molecule is Cc1nc(-c2ccccc2)sc1NC(=O)[C@@H]1COc2ccccc21. The average Bonchev–Trinajstić information content (AvgIpc) is 3.20. The highest BCUT2D eigenvalue weighted by atomic mass is 32.1. The number of aryl methyl sites for hydroxylation is 1. The second kappa shape index (κ2) is 6.09. The lowest BCUT2D eigenvalue weighted by Gasteiger charge is -2.09. The zero-order valence-electron chi connectivity index (χ0n) is 13.2. The maximum absolute atomic E-state index is 12.7. The quantitative estimate of drug-likeness (QED) is 0.778. The van der Waals surface area contributed by atoms with Gasteiger partial charge in [0.25, 0.3) is 0 Å². The number of amides is 1. The predicted molar refractivity (Wildman–Crippen MR) is 95.6 cm³/mol. The number of ether oxygens (including phenoxy) is 1. The Kier molecular flexibility index (Phi) is 3.78. The topological polar surface area (TPSA) is 51.2 Å². The Morgan fingerprint density at radius 1 is 1.17 bits per heavy atom. The van der Waals surface area contributed by atoms with E-state index < -0.39 is 0 Å². The Balaban J connectivity index is 1.56. The molecule has 1 aromatic heterocycles. The molecule has 5 heteroatoms. The molecule has 1 atom stereocenters. The molecule has 0 radical (unpaired) electrons. The average molecular weight is 336 g/mol. The van der Waals surface area contributed by atoms with E-state index in [1.54, 1.807) is 0 Å². The van der Waals surface area contributed by atoms with Crippen LogP contribution in [0.15, 0.2) is 54.6 Å². The minimum Gasteiger partial charge on any atom is -0.492 e. The lowest BCUT2D eigenvalue weighted by Crippen LogP contribution is -2.22. The van der Waals surface area contributed by atoms with Gasteiger partial charge in [-0.15, -0.1) is 0 Å². The third-order valence-electron chi connectivity index (χ3n) is 4.07. The number of benzene rings is 2. The van der Waals surface area contributed by atoms with E-state index in [1.807, 2.05) is 61.5 Å². The molecule has 0 saturated heterocycles. The molecule has 0 unspecified atom stereocenters. The number of nitrogens with zero attached hydrogens (tertiary/aromatic N) is 1. The summed E-state index contributed by atoms with van der Waals surface area (Å²) in [6.45, 7) is 2.30. The fourth-order valence-electron chi connectivity index (χ4n) is 2.80. The van der Waals surface area contributed by atoms with E-state index >= 15 is 0 Å². The number of rotatable bonds is 3. The number of para-hydroxylation sites is 1. The van der Waals surface area contributed by atoms with Gasteiger partial charge in [-0.05, 0) is 13.0 Å². The van der Waals surface area contributed by atoms with Crippen molar-refractivity contribution in [2.75, 3.05) is 11.9 Å².